The van der Waals surface area contributed by atoms with E-state index in [1.807, 2.05) is 30.3 Å². The van der Waals surface area contributed by atoms with Crippen LogP contribution in [0.4, 0.5) is 0 Å². The van der Waals surface area contributed by atoms with E-state index in [1.165, 1.54) is 0 Å². The van der Waals surface area contributed by atoms with Gasteiger partial charge in [-0.3, -0.25) is 4.79 Å². The van der Waals surface area contributed by atoms with Crippen LogP contribution in [0.15, 0.2) is 30.3 Å². The minimum absolute atomic E-state index is 0.293. The van der Waals surface area contributed by atoms with E-state index in [0.717, 1.165) is 18.4 Å². The first-order chi connectivity index (χ1) is 7.36. The molecule has 1 heteroatoms. The molecule has 0 bridgehead atoms. The summed E-state index contributed by atoms with van der Waals surface area (Å²) in [5, 5.41) is 0. The second-order valence-electron chi connectivity index (χ2n) is 4.36. The highest BCUT2D eigenvalue weighted by atomic mass is 16.1. The Kier molecular flexibility index (Phi) is 1.89. The number of hydrogen-bond donors (Lipinski definition) is 0. The normalized spacial score (nSPS) is 31.7. The second-order valence-corrected chi connectivity index (χ2v) is 4.36. The first kappa shape index (κ1) is 8.73. The minimum atomic E-state index is 0.293. The maximum absolute atomic E-state index is 11.4. The quantitative estimate of drug-likeness (QED) is 0.582. The molecule has 0 unspecified atom stereocenters. The van der Waals surface area contributed by atoms with Crippen LogP contribution < -0.4 is 0 Å². The van der Waals surface area contributed by atoms with Crippen molar-refractivity contribution in [2.45, 2.75) is 12.8 Å². The lowest BCUT2D eigenvalue weighted by molar-refractivity contribution is -0.119. The summed E-state index contributed by atoms with van der Waals surface area (Å²) >= 11 is 0. The van der Waals surface area contributed by atoms with E-state index in [2.05, 4.69) is 11.8 Å². The van der Waals surface area contributed by atoms with Crippen molar-refractivity contribution in [3.05, 3.63) is 35.9 Å². The SMILES string of the molecule is O=C1CC[C@@H]2[C@@H](C#Cc3ccccc3)[C@H]12. The molecule has 0 N–H and O–H groups in total. The van der Waals surface area contributed by atoms with Gasteiger partial charge in [0.2, 0.25) is 0 Å². The average Bonchev–Trinajstić information content (AvgIpc) is 2.85. The molecule has 0 radical (unpaired) electrons. The molecule has 0 spiro atoms. The Balaban J connectivity index is 1.74. The second kappa shape index (κ2) is 3.24. The van der Waals surface area contributed by atoms with E-state index < -0.39 is 0 Å². The van der Waals surface area contributed by atoms with Gasteiger partial charge in [0.15, 0.2) is 0 Å². The summed E-state index contributed by atoms with van der Waals surface area (Å²) in [5.74, 6) is 8.08. The van der Waals surface area contributed by atoms with Crippen LogP contribution in [-0.4, -0.2) is 5.78 Å². The zero-order valence-electron chi connectivity index (χ0n) is 8.44. The number of benzene rings is 1. The molecule has 0 amide bonds. The molecular formula is C14H12O. The van der Waals surface area contributed by atoms with Crippen molar-refractivity contribution in [3.63, 3.8) is 0 Å². The van der Waals surface area contributed by atoms with Crippen molar-refractivity contribution in [2.24, 2.45) is 17.8 Å². The summed E-state index contributed by atoms with van der Waals surface area (Å²) < 4.78 is 0. The van der Waals surface area contributed by atoms with Crippen LogP contribution in [0.1, 0.15) is 18.4 Å². The molecular weight excluding hydrogens is 184 g/mol. The molecule has 3 rings (SSSR count). The fourth-order valence-corrected chi connectivity index (χ4v) is 2.53. The predicted octanol–water partition coefficient (Wildman–Crippen LogP) is 2.26. The van der Waals surface area contributed by atoms with Crippen LogP contribution in [0.5, 0.6) is 0 Å². The number of carbonyl (C=O) groups is 1. The molecule has 2 aliphatic rings. The largest absolute Gasteiger partial charge is 0.299 e. The molecule has 1 aromatic rings. The summed E-state index contributed by atoms with van der Waals surface area (Å²) in [5.41, 5.74) is 1.05. The number of fused-ring (bicyclic) bond motifs is 1. The summed E-state index contributed by atoms with van der Waals surface area (Å²) in [6.45, 7) is 0. The fraction of sp³-hybridized carbons (Fsp3) is 0.357. The van der Waals surface area contributed by atoms with Crippen molar-refractivity contribution in [1.82, 2.24) is 0 Å². The topological polar surface area (TPSA) is 17.1 Å². The molecule has 15 heavy (non-hydrogen) atoms. The third-order valence-electron chi connectivity index (χ3n) is 3.42. The highest BCUT2D eigenvalue weighted by Crippen LogP contribution is 2.54. The molecule has 2 saturated carbocycles. The first-order valence-corrected chi connectivity index (χ1v) is 5.45. The highest BCUT2D eigenvalue weighted by Gasteiger charge is 2.57. The van der Waals surface area contributed by atoms with E-state index in [-0.39, 0.29) is 0 Å². The van der Waals surface area contributed by atoms with Crippen LogP contribution in [-0.2, 0) is 4.79 Å². The molecule has 1 aromatic carbocycles. The number of carbonyl (C=O) groups excluding carboxylic acids is 1. The van der Waals surface area contributed by atoms with Gasteiger partial charge in [-0.1, -0.05) is 30.0 Å². The Morgan fingerprint density at radius 3 is 2.67 bits per heavy atom. The Bertz CT molecular complexity index is 449. The van der Waals surface area contributed by atoms with E-state index in [9.17, 15) is 4.79 Å². The van der Waals surface area contributed by atoms with Crippen LogP contribution in [0.3, 0.4) is 0 Å². The lowest BCUT2D eigenvalue weighted by atomic mass is 10.1. The number of ketones is 1. The molecule has 1 nitrogen and oxygen atoms in total. The van der Waals surface area contributed by atoms with E-state index in [1.54, 1.807) is 0 Å². The third kappa shape index (κ3) is 1.47. The smallest absolute Gasteiger partial charge is 0.137 e. The van der Waals surface area contributed by atoms with Crippen molar-refractivity contribution in [2.75, 3.05) is 0 Å². The maximum atomic E-state index is 11.4. The zero-order valence-corrected chi connectivity index (χ0v) is 8.44. The Morgan fingerprint density at radius 1 is 1.20 bits per heavy atom. The van der Waals surface area contributed by atoms with Gasteiger partial charge in [0.05, 0.1) is 0 Å². The molecule has 0 heterocycles. The van der Waals surface area contributed by atoms with E-state index in [0.29, 0.717) is 23.5 Å². The van der Waals surface area contributed by atoms with Crippen LogP contribution in [0.25, 0.3) is 0 Å². The van der Waals surface area contributed by atoms with Gasteiger partial charge in [-0.15, -0.1) is 0 Å². The van der Waals surface area contributed by atoms with Gasteiger partial charge in [-0.05, 0) is 24.5 Å². The van der Waals surface area contributed by atoms with Gasteiger partial charge in [0, 0.05) is 23.8 Å². The van der Waals surface area contributed by atoms with Gasteiger partial charge < -0.3 is 0 Å². The van der Waals surface area contributed by atoms with Gasteiger partial charge in [-0.2, -0.15) is 0 Å². The van der Waals surface area contributed by atoms with Gasteiger partial charge in [-0.25, -0.2) is 0 Å². The van der Waals surface area contributed by atoms with Crippen molar-refractivity contribution >= 4 is 5.78 Å². The lowest BCUT2D eigenvalue weighted by Gasteiger charge is -1.92. The zero-order chi connectivity index (χ0) is 10.3. The fourth-order valence-electron chi connectivity index (χ4n) is 2.53. The Morgan fingerprint density at radius 2 is 2.00 bits per heavy atom. The lowest BCUT2D eigenvalue weighted by Crippen LogP contribution is -1.97. The monoisotopic (exact) mass is 196 g/mol. The van der Waals surface area contributed by atoms with Crippen molar-refractivity contribution < 1.29 is 4.79 Å². The molecule has 0 aromatic heterocycles. The summed E-state index contributed by atoms with van der Waals surface area (Å²) in [7, 11) is 0. The predicted molar refractivity (Wildman–Crippen MR) is 58.0 cm³/mol. The van der Waals surface area contributed by atoms with Crippen LogP contribution in [0, 0.1) is 29.6 Å². The minimum Gasteiger partial charge on any atom is -0.299 e. The molecule has 3 atom stereocenters. The molecule has 74 valence electrons. The van der Waals surface area contributed by atoms with E-state index >= 15 is 0 Å². The van der Waals surface area contributed by atoms with Crippen molar-refractivity contribution in [3.8, 4) is 11.8 Å². The Hall–Kier alpha value is -1.55. The van der Waals surface area contributed by atoms with Gasteiger partial charge in [0.25, 0.3) is 0 Å². The third-order valence-corrected chi connectivity index (χ3v) is 3.42. The van der Waals surface area contributed by atoms with E-state index in [4.69, 9.17) is 0 Å². The summed E-state index contributed by atoms with van der Waals surface area (Å²) in [6.07, 6.45) is 1.86. The summed E-state index contributed by atoms with van der Waals surface area (Å²) in [4.78, 5) is 11.4. The molecule has 2 fully saturated rings. The number of Topliss-reactive ketones (excluding diaryl/α,β-unsaturated/α-hetero) is 1. The maximum Gasteiger partial charge on any atom is 0.137 e. The van der Waals surface area contributed by atoms with Gasteiger partial charge >= 0.3 is 0 Å². The first-order valence-electron chi connectivity index (χ1n) is 5.45. The van der Waals surface area contributed by atoms with Gasteiger partial charge in [0.1, 0.15) is 5.78 Å². The standard InChI is InChI=1S/C14H12O/c15-13-9-8-12-11(14(12)13)7-6-10-4-2-1-3-5-10/h1-5,11-12,14H,8-9H2/t11-,12-,14+/m1/s1. The van der Waals surface area contributed by atoms with Crippen LogP contribution in [0.2, 0.25) is 0 Å². The van der Waals surface area contributed by atoms with Crippen molar-refractivity contribution in [1.29, 1.82) is 0 Å². The Labute approximate surface area is 89.5 Å². The van der Waals surface area contributed by atoms with Crippen LogP contribution >= 0.6 is 0 Å². The number of hydrogen-bond acceptors (Lipinski definition) is 1. The molecule has 0 saturated heterocycles. The molecule has 0 aliphatic heterocycles. The number of rotatable bonds is 0. The molecule has 2 aliphatic carbocycles. The summed E-state index contributed by atoms with van der Waals surface area (Å²) in [6, 6.07) is 9.98. The average molecular weight is 196 g/mol. The highest BCUT2D eigenvalue weighted by molar-refractivity contribution is 5.87.